The van der Waals surface area contributed by atoms with Gasteiger partial charge in [0.25, 0.3) is 0 Å². The summed E-state index contributed by atoms with van der Waals surface area (Å²) in [6.45, 7) is 10.5. The number of fused-ring (bicyclic) bond motifs is 1. The summed E-state index contributed by atoms with van der Waals surface area (Å²) >= 11 is 0. The van der Waals surface area contributed by atoms with Crippen LogP contribution in [0.25, 0.3) is 72.7 Å². The van der Waals surface area contributed by atoms with Gasteiger partial charge in [0, 0.05) is 24.3 Å². The summed E-state index contributed by atoms with van der Waals surface area (Å²) in [6, 6.07) is 51.6. The maximum Gasteiger partial charge on any atom is 0.149 e. The quantitative estimate of drug-likeness (QED) is 0.181. The van der Waals surface area contributed by atoms with Crippen molar-refractivity contribution in [1.29, 1.82) is 0 Å². The second kappa shape index (κ2) is 13.7. The summed E-state index contributed by atoms with van der Waals surface area (Å²) in [6.07, 6.45) is 1.89. The van der Waals surface area contributed by atoms with Gasteiger partial charge in [-0.3, -0.25) is 9.55 Å². The van der Waals surface area contributed by atoms with E-state index in [1.54, 1.807) is 6.07 Å². The van der Waals surface area contributed by atoms with Gasteiger partial charge in [-0.05, 0) is 99.3 Å². The average Bonchev–Trinajstić information content (AvgIpc) is 3.57. The minimum absolute atomic E-state index is 0.131. The topological polar surface area (TPSA) is 50.9 Å². The van der Waals surface area contributed by atoms with Gasteiger partial charge in [-0.25, -0.2) is 4.98 Å². The molecule has 0 spiro atoms. The lowest BCUT2D eigenvalue weighted by Gasteiger charge is -2.22. The second-order valence-corrected chi connectivity index (χ2v) is 14.9. The lowest BCUT2D eigenvalue weighted by atomic mass is 9.83. The van der Waals surface area contributed by atoms with E-state index in [1.165, 1.54) is 5.56 Å². The lowest BCUT2D eigenvalue weighted by Crippen LogP contribution is -2.11. The fourth-order valence-corrected chi connectivity index (χ4v) is 7.07. The van der Waals surface area contributed by atoms with Crippen LogP contribution in [0.15, 0.2) is 158 Å². The van der Waals surface area contributed by atoms with Gasteiger partial charge in [0.1, 0.15) is 11.6 Å². The van der Waals surface area contributed by atoms with E-state index in [4.69, 9.17) is 11.3 Å². The Balaban J connectivity index is 1.40. The van der Waals surface area contributed by atoms with E-state index in [0.29, 0.717) is 11.4 Å². The summed E-state index contributed by atoms with van der Waals surface area (Å²) in [7, 11) is 0. The molecule has 2 heterocycles. The number of para-hydroxylation sites is 2. The molecule has 8 aromatic rings. The highest BCUT2D eigenvalue weighted by molar-refractivity contribution is 5.97. The van der Waals surface area contributed by atoms with Crippen molar-refractivity contribution in [2.24, 2.45) is 0 Å². The van der Waals surface area contributed by atoms with E-state index in [9.17, 15) is 5.11 Å². The number of phenols is 1. The van der Waals surface area contributed by atoms with Gasteiger partial charge in [0.05, 0.1) is 28.0 Å². The Kier molecular flexibility index (Phi) is 8.44. The van der Waals surface area contributed by atoms with Crippen molar-refractivity contribution >= 4 is 11.0 Å². The maximum absolute atomic E-state index is 11.3. The number of aromatic nitrogens is 3. The lowest BCUT2D eigenvalue weighted by molar-refractivity contribution is 0.477. The Labute approximate surface area is 313 Å². The molecule has 260 valence electrons. The highest BCUT2D eigenvalue weighted by Gasteiger charge is 2.24. The fourth-order valence-electron chi connectivity index (χ4n) is 7.07. The molecule has 0 amide bonds. The first-order chi connectivity index (χ1) is 26.0. The maximum atomic E-state index is 11.3. The second-order valence-electron chi connectivity index (χ2n) is 14.9. The fraction of sp³-hybridized carbons (Fsp3) is 0.143. The Bertz CT molecular complexity index is 2630. The van der Waals surface area contributed by atoms with Crippen LogP contribution < -0.4 is 0 Å². The van der Waals surface area contributed by atoms with E-state index >= 15 is 0 Å². The largest absolute Gasteiger partial charge is 0.507 e. The number of hydrogen-bond donors (Lipinski definition) is 1. The first-order valence-corrected chi connectivity index (χ1v) is 18.1. The Morgan fingerprint density at radius 2 is 1.28 bits per heavy atom. The van der Waals surface area contributed by atoms with Crippen molar-refractivity contribution in [3.05, 3.63) is 169 Å². The van der Waals surface area contributed by atoms with Crippen LogP contribution in [-0.2, 0) is 5.41 Å². The third-order valence-electron chi connectivity index (χ3n) is 10.0. The van der Waals surface area contributed by atoms with Gasteiger partial charge >= 0.3 is 0 Å². The minimum atomic E-state index is -0.794. The van der Waals surface area contributed by atoms with Crippen LogP contribution >= 0.6 is 0 Å². The summed E-state index contributed by atoms with van der Waals surface area (Å²) in [5.74, 6) is -0.00455. The van der Waals surface area contributed by atoms with Crippen molar-refractivity contribution in [3.63, 3.8) is 0 Å². The van der Waals surface area contributed by atoms with E-state index in [1.807, 2.05) is 68.6 Å². The molecule has 2 aromatic heterocycles. The molecule has 8 rings (SSSR count). The number of nitrogens with zero attached hydrogens (tertiary/aromatic N) is 3. The number of aromatic hydroxyl groups is 1. The van der Waals surface area contributed by atoms with Gasteiger partial charge in [-0.2, -0.15) is 0 Å². The molecule has 0 bridgehead atoms. The van der Waals surface area contributed by atoms with Crippen LogP contribution in [0.3, 0.4) is 0 Å². The summed E-state index contributed by atoms with van der Waals surface area (Å²) in [4.78, 5) is 10.3. The third-order valence-corrected chi connectivity index (χ3v) is 10.0. The number of imidazole rings is 1. The van der Waals surface area contributed by atoms with E-state index in [2.05, 4.69) is 122 Å². The van der Waals surface area contributed by atoms with Gasteiger partial charge < -0.3 is 5.11 Å². The number of pyridine rings is 1. The monoisotopic (exact) mass is 690 g/mol. The van der Waals surface area contributed by atoms with Crippen LogP contribution in [-0.4, -0.2) is 19.6 Å². The molecule has 0 atom stereocenters. The Morgan fingerprint density at radius 1 is 0.604 bits per heavy atom. The van der Waals surface area contributed by atoms with Crippen LogP contribution in [0, 0.1) is 0 Å². The molecule has 6 aromatic carbocycles. The zero-order valence-corrected chi connectivity index (χ0v) is 30.8. The van der Waals surface area contributed by atoms with Crippen molar-refractivity contribution < 1.29 is 6.48 Å². The minimum Gasteiger partial charge on any atom is -0.507 e. The SMILES string of the molecule is [2H]C(C)(C)c1ccc(-n2c(-c3ccccc3O)nc3c(-c4cc(-c5cc(-c6ccccc6)ccn5)cc(C(C)(C)C)c4)cccc32)c(-c2ccccc2)c1. The predicted octanol–water partition coefficient (Wildman–Crippen LogP) is 12.9. The van der Waals surface area contributed by atoms with Crippen molar-refractivity contribution in [3.8, 4) is 67.5 Å². The van der Waals surface area contributed by atoms with Gasteiger partial charge in [-0.1, -0.05) is 132 Å². The smallest absolute Gasteiger partial charge is 0.149 e. The molecular formula is C49H43N3O. The number of benzene rings is 6. The van der Waals surface area contributed by atoms with Crippen molar-refractivity contribution in [2.45, 2.75) is 45.9 Å². The summed E-state index contributed by atoms with van der Waals surface area (Å²) in [5.41, 5.74) is 13.5. The molecule has 53 heavy (non-hydrogen) atoms. The molecule has 0 radical (unpaired) electrons. The molecule has 0 aliphatic carbocycles. The standard InChI is InChI=1S/C49H43N3O/c1-32(2)35-23-24-44(42(30-35)34-17-10-7-11-18-34)52-45-21-14-20-40(47(45)51-48(52)41-19-12-13-22-46(41)53)37-27-38(29-39(28-37)49(3,4)5)43-31-36(25-26-50-43)33-15-8-6-9-16-33/h6-32,53H,1-5H3/i32D. The van der Waals surface area contributed by atoms with Crippen LogP contribution in [0.4, 0.5) is 0 Å². The first kappa shape index (κ1) is 32.6. The summed E-state index contributed by atoms with van der Waals surface area (Å²) < 4.78 is 11.0. The number of rotatable bonds is 7. The Hall–Kier alpha value is -6.26. The van der Waals surface area contributed by atoms with Crippen molar-refractivity contribution in [1.82, 2.24) is 14.5 Å². The molecule has 1 N–H and O–H groups in total. The molecule has 0 saturated heterocycles. The molecule has 0 fully saturated rings. The van der Waals surface area contributed by atoms with Crippen molar-refractivity contribution in [2.75, 3.05) is 0 Å². The normalized spacial score (nSPS) is 12.2. The average molecular weight is 691 g/mol. The molecule has 0 saturated carbocycles. The highest BCUT2D eigenvalue weighted by Crippen LogP contribution is 2.42. The van der Waals surface area contributed by atoms with Gasteiger partial charge in [-0.15, -0.1) is 0 Å². The molecule has 0 aliphatic heterocycles. The van der Waals surface area contributed by atoms with E-state index < -0.39 is 5.89 Å². The first-order valence-electron chi connectivity index (χ1n) is 18.6. The van der Waals surface area contributed by atoms with Gasteiger partial charge in [0.2, 0.25) is 0 Å². The highest BCUT2D eigenvalue weighted by atomic mass is 16.3. The Morgan fingerprint density at radius 3 is 2.00 bits per heavy atom. The van der Waals surface area contributed by atoms with Crippen LogP contribution in [0.5, 0.6) is 5.75 Å². The summed E-state index contributed by atoms with van der Waals surface area (Å²) in [5, 5.41) is 11.3. The molecule has 0 aliphatic rings. The predicted molar refractivity (Wildman–Crippen MR) is 220 cm³/mol. The van der Waals surface area contributed by atoms with Crippen LogP contribution in [0.2, 0.25) is 0 Å². The third kappa shape index (κ3) is 6.53. The zero-order chi connectivity index (χ0) is 37.6. The molecule has 4 nitrogen and oxygen atoms in total. The van der Waals surface area contributed by atoms with E-state index in [-0.39, 0.29) is 11.2 Å². The van der Waals surface area contributed by atoms with Crippen LogP contribution in [0.1, 0.15) is 53.0 Å². The number of hydrogen-bond acceptors (Lipinski definition) is 3. The van der Waals surface area contributed by atoms with Gasteiger partial charge in [0.15, 0.2) is 0 Å². The molecular weight excluding hydrogens is 647 g/mol. The van der Waals surface area contributed by atoms with E-state index in [0.717, 1.165) is 66.9 Å². The number of phenolic OH excluding ortho intramolecular Hbond substituents is 1. The molecule has 4 heteroatoms. The molecule has 0 unspecified atom stereocenters. The zero-order valence-electron chi connectivity index (χ0n) is 31.8.